The molecule has 0 saturated carbocycles. The van der Waals surface area contributed by atoms with E-state index in [-0.39, 0.29) is 35.2 Å². The standard InChI is InChI=1S/C20H16N8O5/c1-10-4-3-5-13(11(10)2)22-17-18(24-20-19(23-17)26-33-27-20)25-21-8-12-6-15-16(32-9-31-15)7-14(12)28(29)30/h3-8H,9H2,1-2H3,(H,22,23,26)(H,24,25,27)/b21-8+. The van der Waals surface area contributed by atoms with Crippen LogP contribution in [0.4, 0.5) is 23.0 Å². The maximum atomic E-state index is 11.5. The topological polar surface area (TPSA) is 163 Å². The van der Waals surface area contributed by atoms with Crippen molar-refractivity contribution in [2.75, 3.05) is 17.5 Å². The Balaban J connectivity index is 1.48. The average molecular weight is 448 g/mol. The summed E-state index contributed by atoms with van der Waals surface area (Å²) in [5.41, 5.74) is 6.13. The minimum absolute atomic E-state index is 0.0000788. The van der Waals surface area contributed by atoms with Gasteiger partial charge in [-0.3, -0.25) is 15.5 Å². The van der Waals surface area contributed by atoms with Crippen LogP contribution in [0.5, 0.6) is 11.5 Å². The van der Waals surface area contributed by atoms with E-state index in [4.69, 9.17) is 14.1 Å². The number of rotatable bonds is 6. The average Bonchev–Trinajstić information content (AvgIpc) is 3.44. The lowest BCUT2D eigenvalue weighted by Crippen LogP contribution is -2.04. The van der Waals surface area contributed by atoms with Gasteiger partial charge in [-0.2, -0.15) is 10.1 Å². The summed E-state index contributed by atoms with van der Waals surface area (Å²) in [4.78, 5) is 19.7. The summed E-state index contributed by atoms with van der Waals surface area (Å²) < 4.78 is 15.2. The van der Waals surface area contributed by atoms with Crippen LogP contribution < -0.4 is 20.2 Å². The van der Waals surface area contributed by atoms with E-state index in [1.807, 2.05) is 32.0 Å². The van der Waals surface area contributed by atoms with E-state index in [1.165, 1.54) is 18.3 Å². The second-order valence-electron chi connectivity index (χ2n) is 7.10. The number of nitrogens with one attached hydrogen (secondary N) is 2. The Bertz CT molecular complexity index is 1420. The van der Waals surface area contributed by atoms with Crippen LogP contribution in [0, 0.1) is 24.0 Å². The van der Waals surface area contributed by atoms with E-state index in [9.17, 15) is 10.1 Å². The fraction of sp³-hybridized carbons (Fsp3) is 0.150. The number of hydrogen-bond acceptors (Lipinski definition) is 12. The smallest absolute Gasteiger partial charge is 0.282 e. The lowest BCUT2D eigenvalue weighted by molar-refractivity contribution is -0.385. The van der Waals surface area contributed by atoms with Crippen molar-refractivity contribution < 1.29 is 19.0 Å². The maximum Gasteiger partial charge on any atom is 0.282 e. The molecule has 3 heterocycles. The number of anilines is 3. The molecule has 5 rings (SSSR count). The van der Waals surface area contributed by atoms with Crippen molar-refractivity contribution in [3.8, 4) is 11.5 Å². The summed E-state index contributed by atoms with van der Waals surface area (Å²) in [6, 6.07) is 8.59. The second kappa shape index (κ2) is 8.03. The van der Waals surface area contributed by atoms with Crippen molar-refractivity contribution >= 4 is 40.5 Å². The fourth-order valence-electron chi connectivity index (χ4n) is 3.19. The minimum atomic E-state index is -0.524. The van der Waals surface area contributed by atoms with Crippen molar-refractivity contribution in [3.63, 3.8) is 0 Å². The monoisotopic (exact) mass is 448 g/mol. The van der Waals surface area contributed by atoms with Gasteiger partial charge in [-0.1, -0.05) is 12.1 Å². The highest BCUT2D eigenvalue weighted by atomic mass is 16.7. The zero-order chi connectivity index (χ0) is 22.9. The molecule has 0 saturated heterocycles. The molecule has 2 N–H and O–H groups in total. The van der Waals surface area contributed by atoms with E-state index < -0.39 is 4.92 Å². The highest BCUT2D eigenvalue weighted by Gasteiger charge is 2.22. The molecule has 1 aliphatic heterocycles. The molecule has 0 radical (unpaired) electrons. The van der Waals surface area contributed by atoms with Crippen LogP contribution >= 0.6 is 0 Å². The van der Waals surface area contributed by atoms with Gasteiger partial charge in [0.1, 0.15) is 0 Å². The van der Waals surface area contributed by atoms with Crippen molar-refractivity contribution in [1.82, 2.24) is 20.3 Å². The number of fused-ring (bicyclic) bond motifs is 2. The van der Waals surface area contributed by atoms with Crippen molar-refractivity contribution in [2.45, 2.75) is 13.8 Å². The number of nitro groups is 1. The lowest BCUT2D eigenvalue weighted by Gasteiger charge is -2.12. The summed E-state index contributed by atoms with van der Waals surface area (Å²) in [5, 5.41) is 26.2. The molecular formula is C20H16N8O5. The maximum absolute atomic E-state index is 11.5. The summed E-state index contributed by atoms with van der Waals surface area (Å²) >= 11 is 0. The number of aryl methyl sites for hydroxylation is 1. The van der Waals surface area contributed by atoms with Crippen LogP contribution in [0.1, 0.15) is 16.7 Å². The predicted octanol–water partition coefficient (Wildman–Crippen LogP) is 3.46. The van der Waals surface area contributed by atoms with Crippen molar-refractivity contribution in [1.29, 1.82) is 0 Å². The molecule has 0 bridgehead atoms. The van der Waals surface area contributed by atoms with Gasteiger partial charge in [0.2, 0.25) is 18.1 Å². The van der Waals surface area contributed by atoms with Gasteiger partial charge in [0, 0.05) is 5.69 Å². The third-order valence-electron chi connectivity index (χ3n) is 5.06. The molecule has 166 valence electrons. The molecule has 4 aromatic rings. The SMILES string of the molecule is Cc1cccc(Nc2nc3nonc3nc2N/N=C/c2cc3c(cc2[N+](=O)[O-])OCO3)c1C. The molecular weight excluding hydrogens is 432 g/mol. The molecule has 33 heavy (non-hydrogen) atoms. The molecule has 0 aliphatic carbocycles. The van der Waals surface area contributed by atoms with E-state index in [0.29, 0.717) is 17.3 Å². The Morgan fingerprint density at radius 1 is 1.09 bits per heavy atom. The van der Waals surface area contributed by atoms with Crippen LogP contribution in [0.15, 0.2) is 40.1 Å². The number of ether oxygens (including phenoxy) is 2. The first-order valence-corrected chi connectivity index (χ1v) is 9.70. The van der Waals surface area contributed by atoms with E-state index >= 15 is 0 Å². The number of hydrazone groups is 1. The van der Waals surface area contributed by atoms with Gasteiger partial charge in [0.25, 0.3) is 5.69 Å². The second-order valence-corrected chi connectivity index (χ2v) is 7.10. The Kier molecular flexibility index (Phi) is 4.89. The summed E-state index contributed by atoms with van der Waals surface area (Å²) in [6.45, 7) is 3.98. The largest absolute Gasteiger partial charge is 0.454 e. The van der Waals surface area contributed by atoms with Gasteiger partial charge in [0.05, 0.1) is 22.8 Å². The molecule has 13 heteroatoms. The van der Waals surface area contributed by atoms with Gasteiger partial charge in [-0.05, 0) is 47.4 Å². The number of aromatic nitrogens is 4. The van der Waals surface area contributed by atoms with Crippen LogP contribution in [-0.2, 0) is 0 Å². The normalized spacial score (nSPS) is 12.4. The Morgan fingerprint density at radius 2 is 1.82 bits per heavy atom. The first-order chi connectivity index (χ1) is 16.0. The zero-order valence-electron chi connectivity index (χ0n) is 17.4. The molecule has 0 atom stereocenters. The van der Waals surface area contributed by atoms with Gasteiger partial charge in [-0.25, -0.2) is 9.61 Å². The minimum Gasteiger partial charge on any atom is -0.454 e. The fourth-order valence-corrected chi connectivity index (χ4v) is 3.19. The first-order valence-electron chi connectivity index (χ1n) is 9.70. The van der Waals surface area contributed by atoms with Crippen LogP contribution in [-0.4, -0.2) is 38.2 Å². The van der Waals surface area contributed by atoms with Gasteiger partial charge >= 0.3 is 0 Å². The predicted molar refractivity (Wildman–Crippen MR) is 117 cm³/mol. The lowest BCUT2D eigenvalue weighted by atomic mass is 10.1. The molecule has 2 aromatic heterocycles. The first kappa shape index (κ1) is 20.1. The number of benzene rings is 2. The summed E-state index contributed by atoms with van der Waals surface area (Å²) in [7, 11) is 0. The quantitative estimate of drug-likeness (QED) is 0.252. The number of hydrogen-bond donors (Lipinski definition) is 2. The summed E-state index contributed by atoms with van der Waals surface area (Å²) in [6.07, 6.45) is 1.29. The van der Waals surface area contributed by atoms with Gasteiger partial charge < -0.3 is 14.8 Å². The van der Waals surface area contributed by atoms with Crippen molar-refractivity contribution in [3.05, 3.63) is 57.1 Å². The van der Waals surface area contributed by atoms with E-state index in [2.05, 4.69) is 36.1 Å². The molecule has 1 aliphatic rings. The number of nitro benzene ring substituents is 1. The molecule has 0 unspecified atom stereocenters. The van der Waals surface area contributed by atoms with Crippen molar-refractivity contribution in [2.24, 2.45) is 5.10 Å². The highest BCUT2D eigenvalue weighted by Crippen LogP contribution is 2.37. The van der Waals surface area contributed by atoms with Gasteiger partial charge in [0.15, 0.2) is 23.1 Å². The Morgan fingerprint density at radius 3 is 2.58 bits per heavy atom. The molecule has 0 fully saturated rings. The van der Waals surface area contributed by atoms with Gasteiger partial charge in [-0.15, -0.1) is 0 Å². The third-order valence-corrected chi connectivity index (χ3v) is 5.06. The van der Waals surface area contributed by atoms with Crippen LogP contribution in [0.25, 0.3) is 11.3 Å². The van der Waals surface area contributed by atoms with E-state index in [0.717, 1.165) is 16.8 Å². The molecule has 2 aromatic carbocycles. The summed E-state index contributed by atoms with van der Waals surface area (Å²) in [5.74, 6) is 1.25. The molecule has 13 nitrogen and oxygen atoms in total. The molecule has 0 spiro atoms. The Labute approximate surface area is 185 Å². The van der Waals surface area contributed by atoms with E-state index in [1.54, 1.807) is 0 Å². The molecule has 0 amide bonds. The third kappa shape index (κ3) is 3.82. The Hall–Kier alpha value is -4.81. The zero-order valence-corrected chi connectivity index (χ0v) is 17.4. The van der Waals surface area contributed by atoms with Crippen LogP contribution in [0.2, 0.25) is 0 Å². The number of nitrogens with zero attached hydrogens (tertiary/aromatic N) is 6. The highest BCUT2D eigenvalue weighted by molar-refractivity contribution is 5.88. The van der Waals surface area contributed by atoms with Crippen LogP contribution in [0.3, 0.4) is 0 Å².